The second kappa shape index (κ2) is 5.84. The maximum Gasteiger partial charge on any atom is 0.330 e. The molecule has 0 aromatic carbocycles. The van der Waals surface area contributed by atoms with Gasteiger partial charge >= 0.3 is 11.7 Å². The van der Waals surface area contributed by atoms with Gasteiger partial charge < -0.3 is 4.74 Å². The zero-order valence-corrected chi connectivity index (χ0v) is 12.3. The average molecular weight is 309 g/mol. The molecule has 22 heavy (non-hydrogen) atoms. The van der Waals surface area contributed by atoms with Gasteiger partial charge in [0, 0.05) is 20.9 Å². The van der Waals surface area contributed by atoms with Crippen molar-refractivity contribution >= 4 is 29.0 Å². The van der Waals surface area contributed by atoms with Crippen LogP contribution in [-0.2, 0) is 27.9 Å². The Morgan fingerprint density at radius 2 is 2.00 bits per heavy atom. The number of hydrogen-bond donors (Lipinski definition) is 2. The summed E-state index contributed by atoms with van der Waals surface area (Å²) in [4.78, 5) is 52.5. The highest BCUT2D eigenvalue weighted by Crippen LogP contribution is 2.07. The molecule has 0 saturated heterocycles. The maximum atomic E-state index is 12.2. The molecule has 0 aliphatic heterocycles. The first kappa shape index (κ1) is 15.5. The van der Waals surface area contributed by atoms with Gasteiger partial charge in [0.05, 0.1) is 6.54 Å². The first-order valence-corrected chi connectivity index (χ1v) is 6.41. The van der Waals surface area contributed by atoms with Crippen molar-refractivity contribution in [2.24, 2.45) is 7.05 Å². The molecular formula is C12H15N5O5. The van der Waals surface area contributed by atoms with Gasteiger partial charge in [0.25, 0.3) is 5.56 Å². The fourth-order valence-corrected chi connectivity index (χ4v) is 2.01. The number of amides is 1. The molecule has 0 spiro atoms. The van der Waals surface area contributed by atoms with Gasteiger partial charge in [-0.1, -0.05) is 0 Å². The fourth-order valence-electron chi connectivity index (χ4n) is 2.01. The van der Waals surface area contributed by atoms with E-state index in [2.05, 4.69) is 15.3 Å². The average Bonchev–Trinajstić information content (AvgIpc) is 2.63. The third-order valence-electron chi connectivity index (χ3n) is 2.90. The van der Waals surface area contributed by atoms with Crippen LogP contribution in [0.4, 0.5) is 5.95 Å². The van der Waals surface area contributed by atoms with Crippen LogP contribution in [-0.4, -0.2) is 37.6 Å². The molecule has 0 saturated carbocycles. The van der Waals surface area contributed by atoms with Crippen LogP contribution in [0.25, 0.3) is 11.2 Å². The molecule has 2 aromatic rings. The monoisotopic (exact) mass is 309 g/mol. The van der Waals surface area contributed by atoms with Crippen molar-refractivity contribution < 1.29 is 14.3 Å². The Balaban J connectivity index is 2.52. The molecule has 2 aromatic heterocycles. The van der Waals surface area contributed by atoms with E-state index in [1.807, 2.05) is 0 Å². The second-order valence-electron chi connectivity index (χ2n) is 4.60. The Morgan fingerprint density at radius 1 is 1.32 bits per heavy atom. The SMILES string of the molecule is CC(=O)Nc1nc2c(c(=O)[nH]1)n(CCOC(C)=O)c(=O)n2C. The number of H-pyrrole nitrogens is 1. The Labute approximate surface area is 123 Å². The Hall–Kier alpha value is -2.91. The first-order valence-electron chi connectivity index (χ1n) is 6.41. The quantitative estimate of drug-likeness (QED) is 0.693. The second-order valence-corrected chi connectivity index (χ2v) is 4.60. The lowest BCUT2D eigenvalue weighted by Gasteiger charge is -2.04. The molecule has 10 heteroatoms. The predicted octanol–water partition coefficient (Wildman–Crippen LogP) is -1.06. The number of aromatic nitrogens is 4. The number of anilines is 1. The van der Waals surface area contributed by atoms with Crippen LogP contribution in [0, 0.1) is 0 Å². The van der Waals surface area contributed by atoms with Crippen LogP contribution in [0.15, 0.2) is 9.59 Å². The maximum absolute atomic E-state index is 12.2. The first-order chi connectivity index (χ1) is 10.3. The van der Waals surface area contributed by atoms with Crippen LogP contribution >= 0.6 is 0 Å². The van der Waals surface area contributed by atoms with Crippen molar-refractivity contribution in [1.29, 1.82) is 0 Å². The van der Waals surface area contributed by atoms with E-state index in [1.165, 1.54) is 30.0 Å². The third-order valence-corrected chi connectivity index (χ3v) is 2.90. The molecule has 118 valence electrons. The summed E-state index contributed by atoms with van der Waals surface area (Å²) >= 11 is 0. The molecule has 2 N–H and O–H groups in total. The molecule has 1 amide bonds. The molecule has 10 nitrogen and oxygen atoms in total. The number of nitrogens with one attached hydrogen (secondary N) is 2. The normalized spacial score (nSPS) is 10.7. The Kier molecular flexibility index (Phi) is 4.11. The van der Waals surface area contributed by atoms with Gasteiger partial charge in [0.1, 0.15) is 6.61 Å². The van der Waals surface area contributed by atoms with E-state index < -0.39 is 23.1 Å². The van der Waals surface area contributed by atoms with E-state index in [-0.39, 0.29) is 30.3 Å². The highest BCUT2D eigenvalue weighted by Gasteiger charge is 2.17. The largest absolute Gasteiger partial charge is 0.464 e. The molecule has 2 heterocycles. The van der Waals surface area contributed by atoms with Crippen molar-refractivity contribution in [3.63, 3.8) is 0 Å². The summed E-state index contributed by atoms with van der Waals surface area (Å²) in [6.07, 6.45) is 0. The standard InChI is InChI=1S/C12H15N5O5/c1-6(18)13-11-14-9-8(10(20)15-11)17(12(21)16(9)3)4-5-22-7(2)19/h4-5H2,1-3H3,(H2,13,14,15,18,20). The minimum atomic E-state index is -0.575. The topological polar surface area (TPSA) is 128 Å². The van der Waals surface area contributed by atoms with Crippen LogP contribution < -0.4 is 16.6 Å². The number of carbonyl (C=O) groups is 2. The van der Waals surface area contributed by atoms with Gasteiger partial charge in [-0.2, -0.15) is 4.98 Å². The smallest absolute Gasteiger partial charge is 0.330 e. The van der Waals surface area contributed by atoms with E-state index in [4.69, 9.17) is 4.74 Å². The minimum Gasteiger partial charge on any atom is -0.464 e. The molecule has 0 radical (unpaired) electrons. The highest BCUT2D eigenvalue weighted by molar-refractivity contribution is 5.87. The van der Waals surface area contributed by atoms with Gasteiger partial charge in [-0.3, -0.25) is 33.8 Å². The van der Waals surface area contributed by atoms with Crippen molar-refractivity contribution in [3.05, 3.63) is 20.8 Å². The van der Waals surface area contributed by atoms with Gasteiger partial charge in [-0.15, -0.1) is 0 Å². The van der Waals surface area contributed by atoms with Gasteiger partial charge in [-0.25, -0.2) is 4.79 Å². The fraction of sp³-hybridized carbons (Fsp3) is 0.417. The van der Waals surface area contributed by atoms with Gasteiger partial charge in [0.15, 0.2) is 11.2 Å². The molecule has 0 bridgehead atoms. The number of fused-ring (bicyclic) bond motifs is 1. The number of aryl methyl sites for hydroxylation is 1. The molecule has 0 aliphatic rings. The number of hydrogen-bond acceptors (Lipinski definition) is 6. The van der Waals surface area contributed by atoms with Crippen molar-refractivity contribution in [2.45, 2.75) is 20.4 Å². The number of aromatic amines is 1. The van der Waals surface area contributed by atoms with E-state index >= 15 is 0 Å². The van der Waals surface area contributed by atoms with Crippen LogP contribution in [0.1, 0.15) is 13.8 Å². The highest BCUT2D eigenvalue weighted by atomic mass is 16.5. The summed E-state index contributed by atoms with van der Waals surface area (Å²) in [5.41, 5.74) is -0.872. The van der Waals surface area contributed by atoms with Gasteiger partial charge in [-0.05, 0) is 0 Å². The Bertz CT molecular complexity index is 859. The molecule has 0 unspecified atom stereocenters. The van der Waals surface area contributed by atoms with E-state index in [0.717, 1.165) is 0 Å². The van der Waals surface area contributed by atoms with E-state index in [1.54, 1.807) is 0 Å². The number of rotatable bonds is 4. The number of nitrogens with zero attached hydrogens (tertiary/aromatic N) is 3. The molecule has 0 atom stereocenters. The Morgan fingerprint density at radius 3 is 2.59 bits per heavy atom. The lowest BCUT2D eigenvalue weighted by atomic mass is 10.5. The summed E-state index contributed by atoms with van der Waals surface area (Å²) < 4.78 is 7.13. The number of carbonyl (C=O) groups excluding carboxylic acids is 2. The summed E-state index contributed by atoms with van der Waals surface area (Å²) in [6.45, 7) is 2.51. The molecule has 0 fully saturated rings. The number of esters is 1. The van der Waals surface area contributed by atoms with Crippen LogP contribution in [0.2, 0.25) is 0 Å². The van der Waals surface area contributed by atoms with Crippen molar-refractivity contribution in [3.8, 4) is 0 Å². The van der Waals surface area contributed by atoms with Crippen LogP contribution in [0.3, 0.4) is 0 Å². The summed E-state index contributed by atoms with van der Waals surface area (Å²) in [5.74, 6) is -0.923. The zero-order chi connectivity index (χ0) is 16.4. The van der Waals surface area contributed by atoms with Crippen molar-refractivity contribution in [2.75, 3.05) is 11.9 Å². The van der Waals surface area contributed by atoms with Crippen LogP contribution in [0.5, 0.6) is 0 Å². The third kappa shape index (κ3) is 2.90. The lowest BCUT2D eigenvalue weighted by Crippen LogP contribution is -2.26. The summed E-state index contributed by atoms with van der Waals surface area (Å²) in [5, 5.41) is 2.35. The molecule has 0 aliphatic carbocycles. The minimum absolute atomic E-state index is 0.0278. The molecular weight excluding hydrogens is 294 g/mol. The number of ether oxygens (including phenoxy) is 1. The predicted molar refractivity (Wildman–Crippen MR) is 76.5 cm³/mol. The van der Waals surface area contributed by atoms with Crippen molar-refractivity contribution in [1.82, 2.24) is 19.1 Å². The zero-order valence-electron chi connectivity index (χ0n) is 12.3. The number of imidazole rings is 1. The van der Waals surface area contributed by atoms with E-state index in [9.17, 15) is 19.2 Å². The van der Waals surface area contributed by atoms with Gasteiger partial charge in [0.2, 0.25) is 11.9 Å². The summed E-state index contributed by atoms with van der Waals surface area (Å²) in [7, 11) is 1.46. The summed E-state index contributed by atoms with van der Waals surface area (Å²) in [6, 6.07) is 0. The lowest BCUT2D eigenvalue weighted by molar-refractivity contribution is -0.141. The molecule has 2 rings (SSSR count). The van der Waals surface area contributed by atoms with E-state index in [0.29, 0.717) is 0 Å².